The molecule has 24 heavy (non-hydrogen) atoms. The van der Waals surface area contributed by atoms with E-state index in [1.165, 1.54) is 6.21 Å². The molecule has 0 bridgehead atoms. The first-order chi connectivity index (χ1) is 11.5. The molecule has 0 saturated carbocycles. The average Bonchev–Trinajstić information content (AvgIpc) is 2.98. The molecule has 0 unspecified atom stereocenters. The SMILES string of the molecule is O=[N+]([O-])c1ccc(S(=O)(=O)N/N=C\c2c[nH]c3ccccc23)cc1. The van der Waals surface area contributed by atoms with E-state index in [1.54, 1.807) is 6.20 Å². The molecule has 8 nitrogen and oxygen atoms in total. The number of fused-ring (bicyclic) bond motifs is 1. The van der Waals surface area contributed by atoms with Crippen LogP contribution in [-0.4, -0.2) is 24.5 Å². The number of rotatable bonds is 5. The largest absolute Gasteiger partial charge is 0.361 e. The fourth-order valence-corrected chi connectivity index (χ4v) is 2.96. The van der Waals surface area contributed by atoms with Crippen LogP contribution < -0.4 is 4.83 Å². The monoisotopic (exact) mass is 344 g/mol. The molecule has 0 aliphatic heterocycles. The Morgan fingerprint density at radius 2 is 1.83 bits per heavy atom. The van der Waals surface area contributed by atoms with Gasteiger partial charge in [0.05, 0.1) is 16.0 Å². The second-order valence-corrected chi connectivity index (χ2v) is 6.55. The normalized spacial score (nSPS) is 11.8. The summed E-state index contributed by atoms with van der Waals surface area (Å²) in [6.07, 6.45) is 3.11. The molecule has 122 valence electrons. The van der Waals surface area contributed by atoms with Crippen molar-refractivity contribution in [2.75, 3.05) is 0 Å². The molecular formula is C15H12N4O4S. The average molecular weight is 344 g/mol. The highest BCUT2D eigenvalue weighted by molar-refractivity contribution is 7.89. The number of nitrogens with one attached hydrogen (secondary N) is 2. The smallest absolute Gasteiger partial charge is 0.276 e. The summed E-state index contributed by atoms with van der Waals surface area (Å²) in [5, 5.41) is 15.3. The van der Waals surface area contributed by atoms with Crippen LogP contribution in [0.3, 0.4) is 0 Å². The lowest BCUT2D eigenvalue weighted by Crippen LogP contribution is -2.18. The molecule has 3 aromatic rings. The van der Waals surface area contributed by atoms with Crippen LogP contribution in [0.25, 0.3) is 10.9 Å². The third kappa shape index (κ3) is 3.10. The van der Waals surface area contributed by atoms with Crippen LogP contribution in [0, 0.1) is 10.1 Å². The Labute approximate surface area is 137 Å². The van der Waals surface area contributed by atoms with Crippen LogP contribution in [0.5, 0.6) is 0 Å². The Hall–Kier alpha value is -3.20. The van der Waals surface area contributed by atoms with Crippen LogP contribution in [0.4, 0.5) is 5.69 Å². The molecule has 3 rings (SSSR count). The summed E-state index contributed by atoms with van der Waals surface area (Å²) >= 11 is 0. The molecular weight excluding hydrogens is 332 g/mol. The molecule has 1 heterocycles. The van der Waals surface area contributed by atoms with Crippen LogP contribution in [0.1, 0.15) is 5.56 Å². The molecule has 0 amide bonds. The maximum Gasteiger partial charge on any atom is 0.276 e. The van der Waals surface area contributed by atoms with Crippen molar-refractivity contribution in [3.63, 3.8) is 0 Å². The third-order valence-corrected chi connectivity index (χ3v) is 4.59. The molecule has 9 heteroatoms. The van der Waals surface area contributed by atoms with E-state index >= 15 is 0 Å². The van der Waals surface area contributed by atoms with Crippen LogP contribution in [0.2, 0.25) is 0 Å². The number of H-pyrrole nitrogens is 1. The molecule has 0 fully saturated rings. The van der Waals surface area contributed by atoms with Crippen LogP contribution in [0.15, 0.2) is 64.7 Å². The number of benzene rings is 2. The number of nitrogens with zero attached hydrogens (tertiary/aromatic N) is 2. The second kappa shape index (κ2) is 6.13. The maximum atomic E-state index is 12.1. The van der Waals surface area contributed by atoms with E-state index < -0.39 is 14.9 Å². The quantitative estimate of drug-likeness (QED) is 0.420. The highest BCUT2D eigenvalue weighted by Crippen LogP contribution is 2.17. The topological polar surface area (TPSA) is 117 Å². The van der Waals surface area contributed by atoms with Gasteiger partial charge in [-0.05, 0) is 18.2 Å². The predicted octanol–water partition coefficient (Wildman–Crippen LogP) is 2.39. The lowest BCUT2D eigenvalue weighted by molar-refractivity contribution is -0.384. The van der Waals surface area contributed by atoms with E-state index in [-0.39, 0.29) is 10.6 Å². The summed E-state index contributed by atoms with van der Waals surface area (Å²) < 4.78 is 24.2. The summed E-state index contributed by atoms with van der Waals surface area (Å²) in [4.78, 5) is 15.0. The number of aromatic nitrogens is 1. The van der Waals surface area contributed by atoms with Crippen molar-refractivity contribution in [2.45, 2.75) is 4.90 Å². The van der Waals surface area contributed by atoms with Crippen LogP contribution in [-0.2, 0) is 10.0 Å². The zero-order chi connectivity index (χ0) is 17.2. The molecule has 0 aliphatic carbocycles. The minimum Gasteiger partial charge on any atom is -0.361 e. The number of para-hydroxylation sites is 1. The molecule has 0 spiro atoms. The van der Waals surface area contributed by atoms with Crippen molar-refractivity contribution >= 4 is 32.8 Å². The summed E-state index contributed by atoms with van der Waals surface area (Å²) in [6, 6.07) is 12.1. The molecule has 0 aliphatic rings. The number of nitro groups is 1. The van der Waals surface area contributed by atoms with Gasteiger partial charge in [-0.25, -0.2) is 4.83 Å². The Morgan fingerprint density at radius 1 is 1.12 bits per heavy atom. The maximum absolute atomic E-state index is 12.1. The van der Waals surface area contributed by atoms with Gasteiger partial charge < -0.3 is 4.98 Å². The molecule has 0 atom stereocenters. The molecule has 2 N–H and O–H groups in total. The number of non-ortho nitro benzene ring substituents is 1. The first-order valence-corrected chi connectivity index (χ1v) is 8.31. The van der Waals surface area contributed by atoms with Crippen molar-refractivity contribution in [2.24, 2.45) is 5.10 Å². The first kappa shape index (κ1) is 15.7. The number of aromatic amines is 1. The number of hydrogen-bond donors (Lipinski definition) is 2. The molecule has 0 radical (unpaired) electrons. The van der Waals surface area contributed by atoms with E-state index in [4.69, 9.17) is 0 Å². The third-order valence-electron chi connectivity index (χ3n) is 3.36. The van der Waals surface area contributed by atoms with Gasteiger partial charge in [0.15, 0.2) is 0 Å². The lowest BCUT2D eigenvalue weighted by Gasteiger charge is -2.02. The van der Waals surface area contributed by atoms with Crippen molar-refractivity contribution < 1.29 is 13.3 Å². The van der Waals surface area contributed by atoms with Gasteiger partial charge in [0.25, 0.3) is 15.7 Å². The summed E-state index contributed by atoms with van der Waals surface area (Å²) in [5.74, 6) is 0. The minimum absolute atomic E-state index is 0.107. The van der Waals surface area contributed by atoms with Gasteiger partial charge in [0.1, 0.15) is 0 Å². The Balaban J connectivity index is 1.78. The van der Waals surface area contributed by atoms with E-state index in [0.29, 0.717) is 0 Å². The fraction of sp³-hybridized carbons (Fsp3) is 0. The van der Waals surface area contributed by atoms with Crippen molar-refractivity contribution in [1.82, 2.24) is 9.82 Å². The zero-order valence-electron chi connectivity index (χ0n) is 12.2. The predicted molar refractivity (Wildman–Crippen MR) is 89.3 cm³/mol. The Kier molecular flexibility index (Phi) is 4.00. The van der Waals surface area contributed by atoms with E-state index in [0.717, 1.165) is 40.7 Å². The van der Waals surface area contributed by atoms with E-state index in [1.807, 2.05) is 24.3 Å². The van der Waals surface area contributed by atoms with Gasteiger partial charge in [0.2, 0.25) is 0 Å². The van der Waals surface area contributed by atoms with Gasteiger partial charge >= 0.3 is 0 Å². The standard InChI is InChI=1S/C15H12N4O4S/c20-19(21)12-5-7-13(8-6-12)24(22,23)18-17-10-11-9-16-15-4-2-1-3-14(11)15/h1-10,16,18H/b17-10-. The van der Waals surface area contributed by atoms with Gasteiger partial charge in [-0.2, -0.15) is 13.5 Å². The van der Waals surface area contributed by atoms with Crippen molar-refractivity contribution in [1.29, 1.82) is 0 Å². The summed E-state index contributed by atoms with van der Waals surface area (Å²) in [6.45, 7) is 0. The number of hydrazone groups is 1. The highest BCUT2D eigenvalue weighted by Gasteiger charge is 2.14. The lowest BCUT2D eigenvalue weighted by atomic mass is 10.2. The molecule has 2 aromatic carbocycles. The highest BCUT2D eigenvalue weighted by atomic mass is 32.2. The van der Waals surface area contributed by atoms with Gasteiger partial charge in [0, 0.05) is 34.8 Å². The van der Waals surface area contributed by atoms with E-state index in [9.17, 15) is 18.5 Å². The van der Waals surface area contributed by atoms with Gasteiger partial charge in [-0.15, -0.1) is 0 Å². The van der Waals surface area contributed by atoms with Crippen LogP contribution >= 0.6 is 0 Å². The first-order valence-electron chi connectivity index (χ1n) is 6.83. The van der Waals surface area contributed by atoms with Crippen molar-refractivity contribution in [3.8, 4) is 0 Å². The summed E-state index contributed by atoms with van der Waals surface area (Å²) in [5.41, 5.74) is 1.46. The minimum atomic E-state index is -3.89. The molecule has 1 aromatic heterocycles. The summed E-state index contributed by atoms with van der Waals surface area (Å²) in [7, 11) is -3.89. The number of sulfonamides is 1. The fourth-order valence-electron chi connectivity index (χ4n) is 2.17. The number of hydrogen-bond acceptors (Lipinski definition) is 5. The zero-order valence-corrected chi connectivity index (χ0v) is 13.0. The van der Waals surface area contributed by atoms with Crippen molar-refractivity contribution in [3.05, 3.63) is 70.4 Å². The molecule has 0 saturated heterocycles. The second-order valence-electron chi connectivity index (χ2n) is 4.89. The number of nitro benzene ring substituents is 1. The van der Waals surface area contributed by atoms with Gasteiger partial charge in [-0.1, -0.05) is 18.2 Å². The Morgan fingerprint density at radius 3 is 2.54 bits per heavy atom. The van der Waals surface area contributed by atoms with E-state index in [2.05, 4.69) is 14.9 Å². The Bertz CT molecular complexity index is 1020. The van der Waals surface area contributed by atoms with Gasteiger partial charge in [-0.3, -0.25) is 10.1 Å².